The number of benzene rings is 2. The van der Waals surface area contributed by atoms with E-state index >= 15 is 0 Å². The summed E-state index contributed by atoms with van der Waals surface area (Å²) >= 11 is 0. The number of rotatable bonds is 6. The molecule has 0 aliphatic heterocycles. The molecule has 3 aromatic rings. The zero-order chi connectivity index (χ0) is 24.2. The third-order valence-electron chi connectivity index (χ3n) is 4.76. The molecule has 0 saturated heterocycles. The van der Waals surface area contributed by atoms with Gasteiger partial charge in [-0.3, -0.25) is 9.36 Å². The van der Waals surface area contributed by atoms with Crippen molar-refractivity contribution in [2.45, 2.75) is 25.9 Å². The van der Waals surface area contributed by atoms with Gasteiger partial charge in [0.15, 0.2) is 5.82 Å². The summed E-state index contributed by atoms with van der Waals surface area (Å²) in [5, 5.41) is 6.01. The summed E-state index contributed by atoms with van der Waals surface area (Å²) < 4.78 is 53.8. The summed E-state index contributed by atoms with van der Waals surface area (Å²) in [6.45, 7) is 1.63. The van der Waals surface area contributed by atoms with Crippen LogP contribution in [0.2, 0.25) is 0 Å². The van der Waals surface area contributed by atoms with Gasteiger partial charge in [0.25, 0.3) is 5.56 Å². The molecule has 0 amide bonds. The first-order valence-corrected chi connectivity index (χ1v) is 9.69. The smallest absolute Gasteiger partial charge is 0.333 e. The number of aryl methyl sites for hydroxylation is 2. The Morgan fingerprint density at radius 2 is 1.88 bits per heavy atom. The van der Waals surface area contributed by atoms with Crippen molar-refractivity contribution in [2.24, 2.45) is 16.8 Å². The Hall–Kier alpha value is -3.93. The highest BCUT2D eigenvalue weighted by Gasteiger charge is 2.31. The first kappa shape index (κ1) is 23.7. The molecule has 3 rings (SSSR count). The van der Waals surface area contributed by atoms with Gasteiger partial charge in [-0.1, -0.05) is 12.1 Å². The third-order valence-corrected chi connectivity index (χ3v) is 4.76. The maximum absolute atomic E-state index is 14.2. The van der Waals surface area contributed by atoms with Crippen LogP contribution in [0.25, 0.3) is 5.69 Å². The lowest BCUT2D eigenvalue weighted by Gasteiger charge is -2.13. The predicted octanol–water partition coefficient (Wildman–Crippen LogP) is 3.11. The van der Waals surface area contributed by atoms with Crippen molar-refractivity contribution in [3.8, 4) is 5.69 Å². The van der Waals surface area contributed by atoms with Gasteiger partial charge in [-0.25, -0.2) is 15.2 Å². The van der Waals surface area contributed by atoms with E-state index in [0.29, 0.717) is 36.1 Å². The van der Waals surface area contributed by atoms with Crippen molar-refractivity contribution in [2.75, 3.05) is 5.32 Å². The molecular formula is C21H21F4N7O. The van der Waals surface area contributed by atoms with Crippen LogP contribution in [0.15, 0.2) is 58.6 Å². The van der Waals surface area contributed by atoms with Crippen LogP contribution >= 0.6 is 0 Å². The van der Waals surface area contributed by atoms with E-state index in [-0.39, 0.29) is 11.5 Å². The molecule has 0 bridgehead atoms. The average Bonchev–Trinajstić information content (AvgIpc) is 2.77. The number of aromatic nitrogens is 2. The van der Waals surface area contributed by atoms with Crippen LogP contribution in [0.3, 0.4) is 0 Å². The number of nitrogens with zero attached hydrogens (tertiary/aromatic N) is 3. The Morgan fingerprint density at radius 1 is 1.18 bits per heavy atom. The van der Waals surface area contributed by atoms with Gasteiger partial charge < -0.3 is 16.6 Å². The Balaban J connectivity index is 1.87. The van der Waals surface area contributed by atoms with E-state index in [4.69, 9.17) is 11.7 Å². The lowest BCUT2D eigenvalue weighted by molar-refractivity contribution is -0.137. The molecule has 0 fully saturated rings. The number of nitrogens with two attached hydrogens (primary N) is 2. The second kappa shape index (κ2) is 9.69. The summed E-state index contributed by atoms with van der Waals surface area (Å²) in [4.78, 5) is 17.0. The van der Waals surface area contributed by atoms with Crippen molar-refractivity contribution in [1.82, 2.24) is 15.0 Å². The maximum atomic E-state index is 14.2. The fraction of sp³-hybridized carbons (Fsp3) is 0.190. The average molecular weight is 463 g/mol. The van der Waals surface area contributed by atoms with Crippen LogP contribution in [0.1, 0.15) is 23.2 Å². The predicted molar refractivity (Wildman–Crippen MR) is 117 cm³/mol. The summed E-state index contributed by atoms with van der Waals surface area (Å²) in [5.41, 5.74) is 2.27. The third kappa shape index (κ3) is 5.66. The minimum atomic E-state index is -4.68. The number of hydrogen-bond acceptors (Lipinski definition) is 6. The standard InChI is InChI=1S/C21H21F4N7O/c1-12-11-32(15-6-2-13(3-7-15)4-9-18(30-26)31-27)20(33)19(28-12)29-17-8-5-14(10-16(17)22)21(23,24)25/h2-3,5-8,10-11H,4,9,26-27H2,1H3,(H,28,29)(H,30,31). The molecule has 0 aliphatic carbocycles. The molecule has 0 saturated carbocycles. The van der Waals surface area contributed by atoms with Gasteiger partial charge in [0.05, 0.1) is 16.9 Å². The molecule has 8 nitrogen and oxygen atoms in total. The summed E-state index contributed by atoms with van der Waals surface area (Å²) in [6, 6.07) is 9.04. The Bertz CT molecular complexity index is 1220. The minimum absolute atomic E-state index is 0.226. The quantitative estimate of drug-likeness (QED) is 0.146. The molecule has 0 atom stereocenters. The molecule has 1 aromatic heterocycles. The van der Waals surface area contributed by atoms with Crippen LogP contribution in [0.5, 0.6) is 0 Å². The summed E-state index contributed by atoms with van der Waals surface area (Å²) in [7, 11) is 0. The van der Waals surface area contributed by atoms with Crippen LogP contribution in [0, 0.1) is 12.7 Å². The van der Waals surface area contributed by atoms with Crippen molar-refractivity contribution in [3.63, 3.8) is 0 Å². The Labute approximate surface area is 185 Å². The zero-order valence-electron chi connectivity index (χ0n) is 17.4. The molecule has 0 aliphatic rings. The van der Waals surface area contributed by atoms with Crippen LogP contribution in [-0.4, -0.2) is 15.4 Å². The number of halogens is 4. The monoisotopic (exact) mass is 463 g/mol. The first-order valence-electron chi connectivity index (χ1n) is 9.69. The highest BCUT2D eigenvalue weighted by Crippen LogP contribution is 2.31. The van der Waals surface area contributed by atoms with Crippen LogP contribution in [-0.2, 0) is 12.6 Å². The zero-order valence-corrected chi connectivity index (χ0v) is 17.4. The molecule has 33 heavy (non-hydrogen) atoms. The molecule has 0 spiro atoms. The van der Waals surface area contributed by atoms with Gasteiger partial charge in [-0.2, -0.15) is 18.3 Å². The van der Waals surface area contributed by atoms with E-state index in [1.54, 1.807) is 19.1 Å². The number of nitrogens with one attached hydrogen (secondary N) is 2. The highest BCUT2D eigenvalue weighted by molar-refractivity contribution is 5.81. The lowest BCUT2D eigenvalue weighted by Crippen LogP contribution is -2.31. The molecule has 0 unspecified atom stereocenters. The number of alkyl halides is 3. The number of amidine groups is 1. The van der Waals surface area contributed by atoms with E-state index in [1.807, 2.05) is 12.1 Å². The van der Waals surface area contributed by atoms with Crippen molar-refractivity contribution in [1.29, 1.82) is 0 Å². The first-order chi connectivity index (χ1) is 15.6. The largest absolute Gasteiger partial charge is 0.416 e. The summed E-state index contributed by atoms with van der Waals surface area (Å²) in [6.07, 6.45) is -2.08. The molecule has 12 heteroatoms. The molecular weight excluding hydrogens is 442 g/mol. The van der Waals surface area contributed by atoms with Gasteiger partial charge in [0, 0.05) is 18.3 Å². The van der Waals surface area contributed by atoms with Crippen molar-refractivity contribution >= 4 is 17.3 Å². The van der Waals surface area contributed by atoms with E-state index in [1.165, 1.54) is 10.8 Å². The normalized spacial score (nSPS) is 12.0. The van der Waals surface area contributed by atoms with Crippen LogP contribution < -0.4 is 28.0 Å². The van der Waals surface area contributed by atoms with Gasteiger partial charge in [-0.05, 0) is 49.2 Å². The van der Waals surface area contributed by atoms with Gasteiger partial charge >= 0.3 is 6.18 Å². The number of hydrogen-bond donors (Lipinski definition) is 4. The Morgan fingerprint density at radius 3 is 2.45 bits per heavy atom. The second-order valence-electron chi connectivity index (χ2n) is 7.11. The van der Waals surface area contributed by atoms with E-state index in [0.717, 1.165) is 17.7 Å². The maximum Gasteiger partial charge on any atom is 0.416 e. The number of hydrazine groups is 1. The minimum Gasteiger partial charge on any atom is -0.333 e. The van der Waals surface area contributed by atoms with Gasteiger partial charge in [0.2, 0.25) is 0 Å². The van der Waals surface area contributed by atoms with E-state index < -0.39 is 23.1 Å². The SMILES string of the molecule is Cc1cn(-c2ccc(CC/C(=N/N)NN)cc2)c(=O)c(Nc2ccc(C(F)(F)F)cc2F)n1. The van der Waals surface area contributed by atoms with Gasteiger partial charge in [0.1, 0.15) is 11.7 Å². The fourth-order valence-corrected chi connectivity index (χ4v) is 3.07. The fourth-order valence-electron chi connectivity index (χ4n) is 3.07. The summed E-state index contributed by atoms with van der Waals surface area (Å²) in [5.74, 6) is 9.56. The molecule has 6 N–H and O–H groups in total. The van der Waals surface area contributed by atoms with Crippen molar-refractivity contribution in [3.05, 3.63) is 81.7 Å². The highest BCUT2D eigenvalue weighted by atomic mass is 19.4. The van der Waals surface area contributed by atoms with Gasteiger partial charge in [-0.15, -0.1) is 0 Å². The van der Waals surface area contributed by atoms with Crippen LogP contribution in [0.4, 0.5) is 29.1 Å². The van der Waals surface area contributed by atoms with E-state index in [9.17, 15) is 22.4 Å². The second-order valence-corrected chi connectivity index (χ2v) is 7.11. The Kier molecular flexibility index (Phi) is 6.97. The number of anilines is 2. The molecule has 0 radical (unpaired) electrons. The lowest BCUT2D eigenvalue weighted by atomic mass is 10.1. The molecule has 174 valence electrons. The molecule has 1 heterocycles. The van der Waals surface area contributed by atoms with Crippen molar-refractivity contribution < 1.29 is 17.6 Å². The van der Waals surface area contributed by atoms with E-state index in [2.05, 4.69) is 20.8 Å². The topological polar surface area (TPSA) is 123 Å². The molecule has 2 aromatic carbocycles. The number of hydrazone groups is 1.